The maximum Gasteiger partial charge on any atom is 0.420 e. The van der Waals surface area contributed by atoms with Crippen molar-refractivity contribution in [2.24, 2.45) is 0 Å². The fourth-order valence-electron chi connectivity index (χ4n) is 1.31. The van der Waals surface area contributed by atoms with E-state index in [1.165, 1.54) is 13.8 Å². The van der Waals surface area contributed by atoms with Gasteiger partial charge >= 0.3 is 18.4 Å². The second kappa shape index (κ2) is 5.69. The van der Waals surface area contributed by atoms with Crippen molar-refractivity contribution in [1.29, 1.82) is 0 Å². The average Bonchev–Trinajstić information content (AvgIpc) is 2.21. The number of carbonyl (C=O) groups is 1. The van der Waals surface area contributed by atoms with Crippen molar-refractivity contribution in [3.05, 3.63) is 0 Å². The van der Waals surface area contributed by atoms with Crippen LogP contribution in [-0.2, 0) is 4.74 Å². The Bertz CT molecular complexity index is 334. The molecule has 0 radical (unpaired) electrons. The van der Waals surface area contributed by atoms with Gasteiger partial charge in [0.05, 0.1) is 0 Å². The highest BCUT2D eigenvalue weighted by atomic mass is 19.4. The van der Waals surface area contributed by atoms with Gasteiger partial charge in [-0.3, -0.25) is 5.32 Å². The average molecular weight is 309 g/mol. The summed E-state index contributed by atoms with van der Waals surface area (Å²) in [5.41, 5.74) is -5.48. The number of nitrogens with one attached hydrogen (secondary N) is 1. The fraction of sp³-hybridized carbons (Fsp3) is 0.909. The molecule has 0 aliphatic carbocycles. The third-order valence-electron chi connectivity index (χ3n) is 3.03. The van der Waals surface area contributed by atoms with Gasteiger partial charge in [0.1, 0.15) is 5.60 Å². The first-order valence-corrected chi connectivity index (χ1v) is 5.87. The molecule has 20 heavy (non-hydrogen) atoms. The van der Waals surface area contributed by atoms with Crippen LogP contribution in [0.5, 0.6) is 0 Å². The Morgan fingerprint density at radius 2 is 1.35 bits per heavy atom. The van der Waals surface area contributed by atoms with Crippen molar-refractivity contribution < 1.29 is 35.9 Å². The minimum absolute atomic E-state index is 0.234. The second-order valence-corrected chi connectivity index (χ2v) is 4.88. The standard InChI is InChI=1S/C11H17F6NO2/c1-5-8(3,4)20-7(19)18-9(6-2,10(12,13)14)11(15,16)17/h5-6H2,1-4H3,(H,18,19). The molecule has 0 aromatic carbocycles. The van der Waals surface area contributed by atoms with E-state index in [2.05, 4.69) is 4.74 Å². The van der Waals surface area contributed by atoms with Gasteiger partial charge in [-0.15, -0.1) is 0 Å². The summed E-state index contributed by atoms with van der Waals surface area (Å²) in [6, 6.07) is 0. The van der Waals surface area contributed by atoms with Gasteiger partial charge in [0.2, 0.25) is 5.54 Å². The number of hydrogen-bond donors (Lipinski definition) is 1. The summed E-state index contributed by atoms with van der Waals surface area (Å²) in [5.74, 6) is 0. The minimum Gasteiger partial charge on any atom is -0.444 e. The van der Waals surface area contributed by atoms with Crippen LogP contribution in [0.4, 0.5) is 31.1 Å². The molecule has 0 aromatic rings. The molecule has 0 saturated heterocycles. The molecule has 1 N–H and O–H groups in total. The SMILES string of the molecule is CCC(C)(C)OC(=O)NC(CC)(C(F)(F)F)C(F)(F)F. The molecular formula is C11H17F6NO2. The molecule has 0 unspecified atom stereocenters. The van der Waals surface area contributed by atoms with E-state index in [4.69, 9.17) is 0 Å². The van der Waals surface area contributed by atoms with Gasteiger partial charge < -0.3 is 4.74 Å². The summed E-state index contributed by atoms with van der Waals surface area (Å²) >= 11 is 0. The Kier molecular flexibility index (Phi) is 5.36. The maximum atomic E-state index is 12.8. The molecule has 120 valence electrons. The molecule has 0 aliphatic heterocycles. The quantitative estimate of drug-likeness (QED) is 0.791. The molecule has 0 spiro atoms. The normalized spacial score (nSPS) is 14.1. The van der Waals surface area contributed by atoms with Gasteiger partial charge in [0.15, 0.2) is 0 Å². The van der Waals surface area contributed by atoms with Crippen LogP contribution >= 0.6 is 0 Å². The number of carbonyl (C=O) groups excluding carboxylic acids is 1. The first kappa shape index (κ1) is 18.9. The van der Waals surface area contributed by atoms with Gasteiger partial charge in [0.25, 0.3) is 0 Å². The van der Waals surface area contributed by atoms with Crippen LogP contribution in [0.2, 0.25) is 0 Å². The van der Waals surface area contributed by atoms with E-state index in [0.717, 1.165) is 5.32 Å². The van der Waals surface area contributed by atoms with Crippen molar-refractivity contribution in [1.82, 2.24) is 5.32 Å². The largest absolute Gasteiger partial charge is 0.444 e. The first-order valence-electron chi connectivity index (χ1n) is 5.87. The molecule has 0 rings (SSSR count). The van der Waals surface area contributed by atoms with Crippen molar-refractivity contribution in [2.75, 3.05) is 0 Å². The highest BCUT2D eigenvalue weighted by molar-refractivity contribution is 5.69. The van der Waals surface area contributed by atoms with E-state index in [9.17, 15) is 31.1 Å². The summed E-state index contributed by atoms with van der Waals surface area (Å²) < 4.78 is 81.1. The third kappa shape index (κ3) is 3.92. The zero-order chi connectivity index (χ0) is 16.4. The Hall–Kier alpha value is -1.15. The van der Waals surface area contributed by atoms with E-state index in [0.29, 0.717) is 6.92 Å². The molecule has 1 amide bonds. The predicted octanol–water partition coefficient (Wildman–Crippen LogP) is 4.17. The predicted molar refractivity (Wildman–Crippen MR) is 59.1 cm³/mol. The number of alkyl halides is 6. The van der Waals surface area contributed by atoms with Gasteiger partial charge in [0, 0.05) is 0 Å². The van der Waals surface area contributed by atoms with Gasteiger partial charge in [-0.2, -0.15) is 26.3 Å². The van der Waals surface area contributed by atoms with E-state index >= 15 is 0 Å². The lowest BCUT2D eigenvalue weighted by Crippen LogP contribution is -2.67. The summed E-state index contributed by atoms with van der Waals surface area (Å²) in [6.07, 6.45) is -14.3. The first-order chi connectivity index (χ1) is 8.72. The van der Waals surface area contributed by atoms with Gasteiger partial charge in [-0.05, 0) is 26.7 Å². The molecule has 0 bridgehead atoms. The molecule has 0 aliphatic rings. The number of halogens is 6. The second-order valence-electron chi connectivity index (χ2n) is 4.88. The molecule has 0 atom stereocenters. The lowest BCUT2D eigenvalue weighted by Gasteiger charge is -2.37. The molecule has 0 aromatic heterocycles. The summed E-state index contributed by atoms with van der Waals surface area (Å²) in [5, 5.41) is 0.939. The number of amides is 1. The molecule has 0 saturated carbocycles. The lowest BCUT2D eigenvalue weighted by molar-refractivity contribution is -0.306. The fourth-order valence-corrected chi connectivity index (χ4v) is 1.31. The number of hydrogen-bond acceptors (Lipinski definition) is 2. The highest BCUT2D eigenvalue weighted by Crippen LogP contribution is 2.45. The number of ether oxygens (including phenoxy) is 1. The molecule has 0 fully saturated rings. The van der Waals surface area contributed by atoms with Crippen LogP contribution < -0.4 is 5.32 Å². The van der Waals surface area contributed by atoms with Gasteiger partial charge in [-0.25, -0.2) is 4.79 Å². The van der Waals surface area contributed by atoms with Crippen molar-refractivity contribution in [2.45, 2.75) is 64.0 Å². The highest BCUT2D eigenvalue weighted by Gasteiger charge is 2.71. The van der Waals surface area contributed by atoms with Crippen molar-refractivity contribution >= 4 is 6.09 Å². The van der Waals surface area contributed by atoms with Crippen molar-refractivity contribution in [3.8, 4) is 0 Å². The van der Waals surface area contributed by atoms with E-state index in [1.54, 1.807) is 6.92 Å². The summed E-state index contributed by atoms with van der Waals surface area (Å²) in [6.45, 7) is 5.02. The van der Waals surface area contributed by atoms with Crippen LogP contribution in [0, 0.1) is 0 Å². The summed E-state index contributed by atoms with van der Waals surface area (Å²) in [7, 11) is 0. The van der Waals surface area contributed by atoms with E-state index in [1.807, 2.05) is 0 Å². The van der Waals surface area contributed by atoms with E-state index in [-0.39, 0.29) is 6.42 Å². The van der Waals surface area contributed by atoms with Crippen LogP contribution in [0.25, 0.3) is 0 Å². The Morgan fingerprint density at radius 1 is 0.950 bits per heavy atom. The maximum absolute atomic E-state index is 12.8. The molecule has 3 nitrogen and oxygen atoms in total. The number of alkyl carbamates (subject to hydrolysis) is 1. The Morgan fingerprint density at radius 3 is 1.60 bits per heavy atom. The Labute approximate surface area is 112 Å². The van der Waals surface area contributed by atoms with Gasteiger partial charge in [-0.1, -0.05) is 13.8 Å². The zero-order valence-corrected chi connectivity index (χ0v) is 11.5. The van der Waals surface area contributed by atoms with Crippen LogP contribution in [0.1, 0.15) is 40.5 Å². The molecular weight excluding hydrogens is 292 g/mol. The monoisotopic (exact) mass is 309 g/mol. The minimum atomic E-state index is -5.69. The third-order valence-corrected chi connectivity index (χ3v) is 3.03. The summed E-state index contributed by atoms with van der Waals surface area (Å²) in [4.78, 5) is 11.4. The van der Waals surface area contributed by atoms with E-state index < -0.39 is 36.0 Å². The topological polar surface area (TPSA) is 38.3 Å². The van der Waals surface area contributed by atoms with Crippen molar-refractivity contribution in [3.63, 3.8) is 0 Å². The van der Waals surface area contributed by atoms with Crippen LogP contribution in [-0.4, -0.2) is 29.6 Å². The number of rotatable bonds is 4. The lowest BCUT2D eigenvalue weighted by atomic mass is 9.94. The Balaban J connectivity index is 5.36. The zero-order valence-electron chi connectivity index (χ0n) is 11.5. The van der Waals surface area contributed by atoms with Crippen LogP contribution in [0.15, 0.2) is 0 Å². The molecule has 9 heteroatoms. The smallest absolute Gasteiger partial charge is 0.420 e. The van der Waals surface area contributed by atoms with Crippen LogP contribution in [0.3, 0.4) is 0 Å². The molecule has 0 heterocycles.